The van der Waals surface area contributed by atoms with E-state index >= 15 is 0 Å². The van der Waals surface area contributed by atoms with Gasteiger partial charge in [-0.25, -0.2) is 4.79 Å². The third-order valence-corrected chi connectivity index (χ3v) is 7.36. The van der Waals surface area contributed by atoms with Crippen molar-refractivity contribution in [1.29, 1.82) is 0 Å². The fourth-order valence-electron chi connectivity index (χ4n) is 4.35. The number of unbranched alkanes of at least 4 members (excludes halogenated alkanes) is 1. The fourth-order valence-corrected chi connectivity index (χ4v) is 4.35. The molecular formula is C39H75N3O18. The Hall–Kier alpha value is -2.80. The average molecular weight is 874 g/mol. The summed E-state index contributed by atoms with van der Waals surface area (Å²) >= 11 is 0. The molecular weight excluding hydrogens is 798 g/mol. The third kappa shape index (κ3) is 41.9. The van der Waals surface area contributed by atoms with Gasteiger partial charge in [0.05, 0.1) is 145 Å². The van der Waals surface area contributed by atoms with E-state index in [-0.39, 0.29) is 25.5 Å². The van der Waals surface area contributed by atoms with E-state index in [9.17, 15) is 19.2 Å². The lowest BCUT2D eigenvalue weighted by Crippen LogP contribution is -2.51. The quantitative estimate of drug-likeness (QED) is 0.0612. The Morgan fingerprint density at radius 2 is 0.867 bits per heavy atom. The van der Waals surface area contributed by atoms with E-state index in [1.165, 1.54) is 6.92 Å². The van der Waals surface area contributed by atoms with Crippen molar-refractivity contribution in [2.75, 3.05) is 166 Å². The zero-order chi connectivity index (χ0) is 44.4. The Morgan fingerprint density at radius 1 is 0.517 bits per heavy atom. The molecule has 0 saturated carbocycles. The summed E-state index contributed by atoms with van der Waals surface area (Å²) < 4.78 is 69.8. The number of aliphatic carboxylic acids is 1. The molecule has 354 valence electrons. The van der Waals surface area contributed by atoms with Gasteiger partial charge in [0.1, 0.15) is 24.3 Å². The molecule has 3 amide bonds. The number of amides is 3. The van der Waals surface area contributed by atoms with Crippen molar-refractivity contribution in [3.05, 3.63) is 0 Å². The van der Waals surface area contributed by atoms with Gasteiger partial charge < -0.3 is 82.6 Å². The number of carboxylic acid groups (broad SMARTS) is 1. The van der Waals surface area contributed by atoms with Crippen molar-refractivity contribution in [1.82, 2.24) is 16.0 Å². The number of methoxy groups -OCH3 is 1. The molecule has 0 aliphatic heterocycles. The number of hydrogen-bond donors (Lipinski definition) is 4. The minimum atomic E-state index is -1.20. The number of nitrogens with one attached hydrogen (secondary N) is 3. The van der Waals surface area contributed by atoms with Crippen LogP contribution in [0.2, 0.25) is 0 Å². The van der Waals surface area contributed by atoms with Crippen LogP contribution in [0.15, 0.2) is 0 Å². The summed E-state index contributed by atoms with van der Waals surface area (Å²) in [7, 11) is 1.64. The second-order valence-electron chi connectivity index (χ2n) is 13.8. The lowest BCUT2D eigenvalue weighted by Gasteiger charge is -2.24. The van der Waals surface area contributed by atoms with Crippen LogP contribution in [0.25, 0.3) is 0 Å². The molecule has 2 atom stereocenters. The number of carboxylic acids is 1. The first-order valence-electron chi connectivity index (χ1n) is 20.6. The molecule has 0 unspecified atom stereocenters. The number of alkyl carbamates (subject to hydrolysis) is 1. The molecule has 0 aliphatic rings. The van der Waals surface area contributed by atoms with E-state index in [0.29, 0.717) is 158 Å². The predicted molar refractivity (Wildman–Crippen MR) is 216 cm³/mol. The highest BCUT2D eigenvalue weighted by Crippen LogP contribution is 2.09. The third-order valence-electron chi connectivity index (χ3n) is 7.36. The van der Waals surface area contributed by atoms with Crippen LogP contribution >= 0.6 is 0 Å². The number of rotatable bonds is 44. The van der Waals surface area contributed by atoms with Crippen LogP contribution in [-0.4, -0.2) is 212 Å². The van der Waals surface area contributed by atoms with Gasteiger partial charge in [-0.3, -0.25) is 14.4 Å². The molecule has 21 nitrogen and oxygen atoms in total. The van der Waals surface area contributed by atoms with E-state index in [1.54, 1.807) is 27.9 Å². The maximum atomic E-state index is 12.6. The van der Waals surface area contributed by atoms with E-state index < -0.39 is 35.7 Å². The second kappa shape index (κ2) is 41.5. The minimum absolute atomic E-state index is 0.137. The highest BCUT2D eigenvalue weighted by Gasteiger charge is 2.26. The van der Waals surface area contributed by atoms with Crippen molar-refractivity contribution in [2.45, 2.75) is 64.6 Å². The van der Waals surface area contributed by atoms with Crippen molar-refractivity contribution < 1.29 is 85.9 Å². The topological polar surface area (TPSA) is 245 Å². The van der Waals surface area contributed by atoms with Crippen LogP contribution in [-0.2, 0) is 76.0 Å². The second-order valence-corrected chi connectivity index (χ2v) is 13.8. The average Bonchev–Trinajstić information content (AvgIpc) is 3.19. The zero-order valence-electron chi connectivity index (χ0n) is 36.6. The minimum Gasteiger partial charge on any atom is -0.480 e. The van der Waals surface area contributed by atoms with Gasteiger partial charge in [0.15, 0.2) is 0 Å². The van der Waals surface area contributed by atoms with Gasteiger partial charge in [-0.05, 0) is 47.0 Å². The normalized spacial score (nSPS) is 12.6. The summed E-state index contributed by atoms with van der Waals surface area (Å²) in [6.07, 6.45) is 0.397. The summed E-state index contributed by atoms with van der Waals surface area (Å²) in [5, 5.41) is 16.6. The van der Waals surface area contributed by atoms with Gasteiger partial charge in [0, 0.05) is 13.7 Å². The van der Waals surface area contributed by atoms with Gasteiger partial charge >= 0.3 is 12.1 Å². The van der Waals surface area contributed by atoms with E-state index in [0.717, 1.165) is 0 Å². The Balaban J connectivity index is 3.50. The van der Waals surface area contributed by atoms with Crippen LogP contribution < -0.4 is 16.0 Å². The molecule has 0 fully saturated rings. The standard InChI is InChI=1S/C39H75N3O18/c1-33(37(45)46)41-36(44)34(42-38(47)60-39(2,3)4)8-6-7-9-40-35(43)32-59-31-30-58-29-28-57-27-26-56-25-24-55-23-22-54-21-20-53-19-18-52-17-16-51-15-14-50-13-12-49-11-10-48-5/h33-34H,6-32H2,1-5H3,(H,40,43)(H,41,44)(H,42,47)(H,45,46)/t33-,34-/m0/s1. The smallest absolute Gasteiger partial charge is 0.408 e. The van der Waals surface area contributed by atoms with Crippen LogP contribution in [0, 0.1) is 0 Å². The van der Waals surface area contributed by atoms with Crippen LogP contribution in [0.3, 0.4) is 0 Å². The van der Waals surface area contributed by atoms with E-state index in [4.69, 9.17) is 66.7 Å². The molecule has 0 aliphatic carbocycles. The first kappa shape index (κ1) is 57.2. The molecule has 60 heavy (non-hydrogen) atoms. The molecule has 0 saturated heterocycles. The molecule has 0 rings (SSSR count). The summed E-state index contributed by atoms with van der Waals surface area (Å²) in [5.41, 5.74) is -0.772. The van der Waals surface area contributed by atoms with Gasteiger partial charge in [0.25, 0.3) is 0 Å². The highest BCUT2D eigenvalue weighted by atomic mass is 16.6. The summed E-state index contributed by atoms with van der Waals surface area (Å²) in [6, 6.07) is -2.13. The monoisotopic (exact) mass is 874 g/mol. The van der Waals surface area contributed by atoms with Gasteiger partial charge in [-0.1, -0.05) is 0 Å². The van der Waals surface area contributed by atoms with Crippen LogP contribution in [0.4, 0.5) is 4.79 Å². The first-order valence-corrected chi connectivity index (χ1v) is 20.6. The predicted octanol–water partition coefficient (Wildman–Crippen LogP) is 0.585. The van der Waals surface area contributed by atoms with Crippen molar-refractivity contribution >= 4 is 23.9 Å². The molecule has 0 aromatic carbocycles. The Bertz CT molecular complexity index is 1040. The SMILES string of the molecule is COCCOCCOCCOCCOCCOCCOCCOCCOCCOCCOCCOCC(=O)NCCCC[C@H](NC(=O)OC(C)(C)C)C(=O)N[C@@H](C)C(=O)O. The Kier molecular flexibility index (Phi) is 39.6. The van der Waals surface area contributed by atoms with Crippen LogP contribution in [0.5, 0.6) is 0 Å². The molecule has 0 bridgehead atoms. The molecule has 0 radical (unpaired) electrons. The summed E-state index contributed by atoms with van der Waals surface area (Å²) in [4.78, 5) is 47.9. The number of carbonyl (C=O) groups excluding carboxylic acids is 3. The van der Waals surface area contributed by atoms with Crippen LogP contribution in [0.1, 0.15) is 47.0 Å². The Morgan fingerprint density at radius 3 is 1.20 bits per heavy atom. The molecule has 4 N–H and O–H groups in total. The molecule has 21 heteroatoms. The molecule has 0 aromatic rings. The first-order chi connectivity index (χ1) is 29.0. The molecule has 0 aromatic heterocycles. The fraction of sp³-hybridized carbons (Fsp3) is 0.897. The summed E-state index contributed by atoms with van der Waals surface area (Å²) in [6.45, 7) is 16.7. The summed E-state index contributed by atoms with van der Waals surface area (Å²) in [5.74, 6) is -2.15. The number of carbonyl (C=O) groups is 4. The zero-order valence-corrected chi connectivity index (χ0v) is 36.6. The van der Waals surface area contributed by atoms with Gasteiger partial charge in [-0.2, -0.15) is 0 Å². The lowest BCUT2D eigenvalue weighted by atomic mass is 10.1. The Labute approximate surface area is 355 Å². The maximum absolute atomic E-state index is 12.6. The van der Waals surface area contributed by atoms with Gasteiger partial charge in [-0.15, -0.1) is 0 Å². The highest BCUT2D eigenvalue weighted by molar-refractivity contribution is 5.89. The molecule has 0 spiro atoms. The van der Waals surface area contributed by atoms with E-state index in [1.807, 2.05) is 0 Å². The van der Waals surface area contributed by atoms with Crippen molar-refractivity contribution in [3.8, 4) is 0 Å². The largest absolute Gasteiger partial charge is 0.480 e. The number of ether oxygens (including phenoxy) is 13. The number of hydrogen-bond acceptors (Lipinski definition) is 17. The van der Waals surface area contributed by atoms with Crippen molar-refractivity contribution in [3.63, 3.8) is 0 Å². The van der Waals surface area contributed by atoms with Crippen molar-refractivity contribution in [2.24, 2.45) is 0 Å². The van der Waals surface area contributed by atoms with Gasteiger partial charge in [0.2, 0.25) is 11.8 Å². The lowest BCUT2D eigenvalue weighted by molar-refractivity contribution is -0.141. The maximum Gasteiger partial charge on any atom is 0.408 e. The van der Waals surface area contributed by atoms with E-state index in [2.05, 4.69) is 16.0 Å². The molecule has 0 heterocycles.